The Bertz CT molecular complexity index is 1320. The Morgan fingerprint density at radius 1 is 1.12 bits per heavy atom. The van der Waals surface area contributed by atoms with E-state index in [1.54, 1.807) is 13.3 Å². The fourth-order valence-electron chi connectivity index (χ4n) is 4.55. The molecule has 32 heavy (non-hydrogen) atoms. The standard InChI is InChI=1S/C24H23N5O3/c1-28(17-4-7-21-22(12-17)32-14-31-21)16-3-5-18-15(11-16)13-29(27-18)20-9-10-25-19-6-8-23(30-2)26-24(19)20/h4,6-10,12-13,16H,3,5,11,14H2,1-2H3. The van der Waals surface area contributed by atoms with Gasteiger partial charge in [0.25, 0.3) is 0 Å². The molecular weight excluding hydrogens is 406 g/mol. The molecule has 0 radical (unpaired) electrons. The lowest BCUT2D eigenvalue weighted by molar-refractivity contribution is 0.174. The molecule has 0 saturated heterocycles. The molecule has 0 amide bonds. The molecule has 6 rings (SSSR count). The van der Waals surface area contributed by atoms with Crippen LogP contribution in [0.25, 0.3) is 16.7 Å². The van der Waals surface area contributed by atoms with Crippen LogP contribution in [0.2, 0.25) is 0 Å². The molecule has 0 spiro atoms. The summed E-state index contributed by atoms with van der Waals surface area (Å²) < 4.78 is 18.2. The molecule has 1 aliphatic heterocycles. The number of anilines is 1. The highest BCUT2D eigenvalue weighted by molar-refractivity contribution is 5.83. The quantitative estimate of drug-likeness (QED) is 0.491. The first-order chi connectivity index (χ1) is 15.7. The third-order valence-electron chi connectivity index (χ3n) is 6.35. The maximum atomic E-state index is 5.55. The Morgan fingerprint density at radius 2 is 2.03 bits per heavy atom. The minimum Gasteiger partial charge on any atom is -0.481 e. The van der Waals surface area contributed by atoms with Crippen molar-refractivity contribution in [1.82, 2.24) is 19.7 Å². The van der Waals surface area contributed by atoms with Gasteiger partial charge in [-0.3, -0.25) is 4.98 Å². The van der Waals surface area contributed by atoms with E-state index in [1.807, 2.05) is 28.9 Å². The summed E-state index contributed by atoms with van der Waals surface area (Å²) in [5, 5.41) is 4.89. The van der Waals surface area contributed by atoms with Crippen LogP contribution in [0, 0.1) is 0 Å². The summed E-state index contributed by atoms with van der Waals surface area (Å²) in [6.45, 7) is 0.291. The van der Waals surface area contributed by atoms with Gasteiger partial charge in [0.1, 0.15) is 5.52 Å². The van der Waals surface area contributed by atoms with Gasteiger partial charge in [-0.2, -0.15) is 5.10 Å². The zero-order valence-corrected chi connectivity index (χ0v) is 18.0. The molecule has 2 aliphatic rings. The van der Waals surface area contributed by atoms with Crippen LogP contribution in [-0.4, -0.2) is 46.7 Å². The molecule has 8 heteroatoms. The number of aryl methyl sites for hydroxylation is 1. The Kier molecular flexibility index (Phi) is 4.38. The lowest BCUT2D eigenvalue weighted by atomic mass is 9.92. The van der Waals surface area contributed by atoms with Gasteiger partial charge in [-0.25, -0.2) is 9.67 Å². The van der Waals surface area contributed by atoms with E-state index < -0.39 is 0 Å². The van der Waals surface area contributed by atoms with Crippen LogP contribution in [0.1, 0.15) is 17.7 Å². The first kappa shape index (κ1) is 18.9. The number of pyridine rings is 2. The molecule has 4 aromatic rings. The van der Waals surface area contributed by atoms with E-state index in [4.69, 9.17) is 19.3 Å². The molecule has 4 heterocycles. The zero-order chi connectivity index (χ0) is 21.7. The molecule has 1 atom stereocenters. The maximum Gasteiger partial charge on any atom is 0.231 e. The normalized spacial score (nSPS) is 16.8. The number of likely N-dealkylation sites (N-methyl/N-ethyl adjacent to an activating group) is 1. The highest BCUT2D eigenvalue weighted by Crippen LogP contribution is 2.37. The molecule has 162 valence electrons. The van der Waals surface area contributed by atoms with E-state index in [1.165, 1.54) is 5.56 Å². The summed E-state index contributed by atoms with van der Waals surface area (Å²) in [6.07, 6.45) is 6.83. The van der Waals surface area contributed by atoms with Crippen LogP contribution in [0.15, 0.2) is 48.8 Å². The Balaban J connectivity index is 1.30. The number of hydrogen-bond acceptors (Lipinski definition) is 7. The molecule has 0 saturated carbocycles. The van der Waals surface area contributed by atoms with Crippen molar-refractivity contribution in [2.75, 3.05) is 25.9 Å². The van der Waals surface area contributed by atoms with Crippen molar-refractivity contribution in [3.63, 3.8) is 0 Å². The van der Waals surface area contributed by atoms with Gasteiger partial charge in [0.05, 0.1) is 24.0 Å². The van der Waals surface area contributed by atoms with Gasteiger partial charge in [0.15, 0.2) is 11.5 Å². The number of ether oxygens (including phenoxy) is 3. The third kappa shape index (κ3) is 3.10. The number of hydrogen-bond donors (Lipinski definition) is 0. The molecule has 1 aliphatic carbocycles. The van der Waals surface area contributed by atoms with Gasteiger partial charge in [-0.1, -0.05) is 0 Å². The summed E-state index contributed by atoms with van der Waals surface area (Å²) >= 11 is 0. The molecule has 0 bridgehead atoms. The fraction of sp³-hybridized carbons (Fsp3) is 0.292. The van der Waals surface area contributed by atoms with Gasteiger partial charge >= 0.3 is 0 Å². The minimum absolute atomic E-state index is 0.291. The highest BCUT2D eigenvalue weighted by Gasteiger charge is 2.26. The molecule has 1 unspecified atom stereocenters. The van der Waals surface area contributed by atoms with Crippen molar-refractivity contribution in [3.05, 3.63) is 60.0 Å². The predicted molar refractivity (Wildman–Crippen MR) is 120 cm³/mol. The summed E-state index contributed by atoms with van der Waals surface area (Å²) in [6, 6.07) is 12.2. The number of aromatic nitrogens is 4. The number of methoxy groups -OCH3 is 1. The molecule has 0 N–H and O–H groups in total. The average molecular weight is 429 g/mol. The van der Waals surface area contributed by atoms with Crippen LogP contribution in [0.4, 0.5) is 5.69 Å². The first-order valence-corrected chi connectivity index (χ1v) is 10.7. The van der Waals surface area contributed by atoms with Gasteiger partial charge in [0, 0.05) is 43.3 Å². The van der Waals surface area contributed by atoms with Crippen molar-refractivity contribution in [1.29, 1.82) is 0 Å². The van der Waals surface area contributed by atoms with Crippen LogP contribution in [-0.2, 0) is 12.8 Å². The van der Waals surface area contributed by atoms with Gasteiger partial charge in [-0.15, -0.1) is 0 Å². The van der Waals surface area contributed by atoms with E-state index in [0.29, 0.717) is 18.7 Å². The first-order valence-electron chi connectivity index (χ1n) is 10.7. The van der Waals surface area contributed by atoms with Gasteiger partial charge in [0.2, 0.25) is 12.7 Å². The minimum atomic E-state index is 0.291. The van der Waals surface area contributed by atoms with Crippen molar-refractivity contribution >= 4 is 16.7 Å². The number of nitrogens with zero attached hydrogens (tertiary/aromatic N) is 5. The predicted octanol–water partition coefficient (Wildman–Crippen LogP) is 3.55. The van der Waals surface area contributed by atoms with Crippen molar-refractivity contribution < 1.29 is 14.2 Å². The van der Waals surface area contributed by atoms with Crippen LogP contribution in [0.3, 0.4) is 0 Å². The topological polar surface area (TPSA) is 74.5 Å². The number of fused-ring (bicyclic) bond motifs is 3. The Labute approximate surface area is 185 Å². The largest absolute Gasteiger partial charge is 0.481 e. The summed E-state index contributed by atoms with van der Waals surface area (Å²) in [4.78, 5) is 11.4. The molecular formula is C24H23N5O3. The van der Waals surface area contributed by atoms with Crippen LogP contribution in [0.5, 0.6) is 17.4 Å². The number of benzene rings is 1. The van der Waals surface area contributed by atoms with Gasteiger partial charge in [-0.05, 0) is 49.1 Å². The maximum absolute atomic E-state index is 5.55. The third-order valence-corrected chi connectivity index (χ3v) is 6.35. The Hall–Kier alpha value is -3.81. The summed E-state index contributed by atoms with van der Waals surface area (Å²) in [7, 11) is 3.76. The van der Waals surface area contributed by atoms with Gasteiger partial charge < -0.3 is 19.1 Å². The second kappa shape index (κ2) is 7.40. The summed E-state index contributed by atoms with van der Waals surface area (Å²) in [5.41, 5.74) is 6.04. The van der Waals surface area contributed by atoms with E-state index in [9.17, 15) is 0 Å². The average Bonchev–Trinajstić information content (AvgIpc) is 3.48. The van der Waals surface area contributed by atoms with Crippen molar-refractivity contribution in [2.45, 2.75) is 25.3 Å². The van der Waals surface area contributed by atoms with Crippen LogP contribution < -0.4 is 19.1 Å². The molecule has 0 fully saturated rings. The zero-order valence-electron chi connectivity index (χ0n) is 18.0. The van der Waals surface area contributed by atoms with E-state index >= 15 is 0 Å². The smallest absolute Gasteiger partial charge is 0.231 e. The van der Waals surface area contributed by atoms with Crippen LogP contribution >= 0.6 is 0 Å². The highest BCUT2D eigenvalue weighted by atomic mass is 16.7. The molecule has 3 aromatic heterocycles. The second-order valence-electron chi connectivity index (χ2n) is 8.14. The second-order valence-corrected chi connectivity index (χ2v) is 8.14. The lowest BCUT2D eigenvalue weighted by Gasteiger charge is -2.32. The van der Waals surface area contributed by atoms with E-state index in [2.05, 4.69) is 40.2 Å². The number of rotatable bonds is 4. The monoisotopic (exact) mass is 429 g/mol. The fourth-order valence-corrected chi connectivity index (χ4v) is 4.55. The summed E-state index contributed by atoms with van der Waals surface area (Å²) in [5.74, 6) is 2.18. The van der Waals surface area contributed by atoms with Crippen molar-refractivity contribution in [2.24, 2.45) is 0 Å². The molecule has 1 aromatic carbocycles. The Morgan fingerprint density at radius 3 is 2.94 bits per heavy atom. The van der Waals surface area contributed by atoms with E-state index in [0.717, 1.165) is 58.9 Å². The lowest BCUT2D eigenvalue weighted by Crippen LogP contribution is -2.36. The van der Waals surface area contributed by atoms with E-state index in [-0.39, 0.29) is 0 Å². The van der Waals surface area contributed by atoms with Crippen molar-refractivity contribution in [3.8, 4) is 23.1 Å². The SMILES string of the molecule is COc1ccc2nccc(-n3cc4c(n3)CCC(N(C)c3ccc5c(c3)OCO5)C4)c2n1. The molecule has 8 nitrogen and oxygen atoms in total.